The topological polar surface area (TPSA) is 74.7 Å². The van der Waals surface area contributed by atoms with E-state index in [1.54, 1.807) is 30.5 Å². The minimum absolute atomic E-state index is 0.00337. The third kappa shape index (κ3) is 5.81. The van der Waals surface area contributed by atoms with Gasteiger partial charge in [0.05, 0.1) is 26.2 Å². The molecule has 0 saturated carbocycles. The summed E-state index contributed by atoms with van der Waals surface area (Å²) in [6, 6.07) is 18.6. The number of fused-ring (bicyclic) bond motifs is 1. The van der Waals surface area contributed by atoms with Crippen molar-refractivity contribution in [3.05, 3.63) is 89.9 Å². The first-order chi connectivity index (χ1) is 17.0. The van der Waals surface area contributed by atoms with Gasteiger partial charge in [-0.25, -0.2) is 4.39 Å². The monoisotopic (exact) mass is 473 g/mol. The SMILES string of the molecule is COc1cc2nccc(Oc3ccc(CC(=O)CC(=O)Cc4ccccc4)cc3F)c2cc1OC. The van der Waals surface area contributed by atoms with Gasteiger partial charge in [0.2, 0.25) is 0 Å². The number of pyridine rings is 1. The van der Waals surface area contributed by atoms with Gasteiger partial charge >= 0.3 is 0 Å². The van der Waals surface area contributed by atoms with E-state index in [4.69, 9.17) is 14.2 Å². The molecule has 0 radical (unpaired) electrons. The van der Waals surface area contributed by atoms with E-state index in [2.05, 4.69) is 4.98 Å². The molecule has 4 aromatic rings. The van der Waals surface area contributed by atoms with Crippen molar-refractivity contribution < 1.29 is 28.2 Å². The van der Waals surface area contributed by atoms with Gasteiger partial charge in [-0.2, -0.15) is 0 Å². The van der Waals surface area contributed by atoms with Crippen molar-refractivity contribution in [3.63, 3.8) is 0 Å². The van der Waals surface area contributed by atoms with Gasteiger partial charge in [0.15, 0.2) is 23.1 Å². The molecule has 0 amide bonds. The zero-order valence-electron chi connectivity index (χ0n) is 19.4. The van der Waals surface area contributed by atoms with Gasteiger partial charge in [-0.05, 0) is 35.4 Å². The van der Waals surface area contributed by atoms with Crippen LogP contribution in [0, 0.1) is 5.82 Å². The summed E-state index contributed by atoms with van der Waals surface area (Å²) in [6.45, 7) is 0. The van der Waals surface area contributed by atoms with Gasteiger partial charge in [-0.15, -0.1) is 0 Å². The standard InChI is InChI=1S/C28H24FNO5/c1-33-27-16-22-24(17-28(27)34-2)30-11-10-25(22)35-26-9-8-19(14-23(26)29)13-21(32)15-20(31)12-18-6-4-3-5-7-18/h3-11,14,16-17H,12-13,15H2,1-2H3. The predicted octanol–water partition coefficient (Wildman–Crippen LogP) is 5.50. The van der Waals surface area contributed by atoms with Gasteiger partial charge in [-0.1, -0.05) is 36.4 Å². The van der Waals surface area contributed by atoms with Crippen LogP contribution in [0.3, 0.4) is 0 Å². The Morgan fingerprint density at radius 3 is 2.14 bits per heavy atom. The Balaban J connectivity index is 1.45. The smallest absolute Gasteiger partial charge is 0.166 e. The molecular weight excluding hydrogens is 449 g/mol. The number of benzene rings is 3. The van der Waals surface area contributed by atoms with Gasteiger partial charge in [0.25, 0.3) is 0 Å². The maximum absolute atomic E-state index is 14.8. The highest BCUT2D eigenvalue weighted by molar-refractivity contribution is 6.00. The Morgan fingerprint density at radius 2 is 1.46 bits per heavy atom. The van der Waals surface area contributed by atoms with Crippen LogP contribution < -0.4 is 14.2 Å². The lowest BCUT2D eigenvalue weighted by Gasteiger charge is -2.13. The highest BCUT2D eigenvalue weighted by Gasteiger charge is 2.15. The average Bonchev–Trinajstić information content (AvgIpc) is 2.85. The largest absolute Gasteiger partial charge is 0.493 e. The maximum Gasteiger partial charge on any atom is 0.166 e. The normalized spacial score (nSPS) is 10.7. The molecule has 0 atom stereocenters. The summed E-state index contributed by atoms with van der Waals surface area (Å²) < 4.78 is 31.3. The number of methoxy groups -OCH3 is 2. The van der Waals surface area contributed by atoms with E-state index in [9.17, 15) is 14.0 Å². The van der Waals surface area contributed by atoms with Crippen molar-refractivity contribution in [3.8, 4) is 23.0 Å². The zero-order chi connectivity index (χ0) is 24.8. The van der Waals surface area contributed by atoms with Crippen LogP contribution in [0.25, 0.3) is 10.9 Å². The number of halogens is 1. The van der Waals surface area contributed by atoms with Crippen LogP contribution in [-0.2, 0) is 22.4 Å². The predicted molar refractivity (Wildman–Crippen MR) is 130 cm³/mol. The molecule has 0 saturated heterocycles. The lowest BCUT2D eigenvalue weighted by Crippen LogP contribution is -2.12. The Labute approximate surface area is 202 Å². The Kier molecular flexibility index (Phi) is 7.35. The quantitative estimate of drug-likeness (QED) is 0.283. The molecule has 178 valence electrons. The van der Waals surface area contributed by atoms with Crippen molar-refractivity contribution in [2.75, 3.05) is 14.2 Å². The van der Waals surface area contributed by atoms with Crippen molar-refractivity contribution >= 4 is 22.5 Å². The van der Waals surface area contributed by atoms with Crippen LogP contribution in [0.4, 0.5) is 4.39 Å². The summed E-state index contributed by atoms with van der Waals surface area (Å²) in [4.78, 5) is 28.9. The Hall–Kier alpha value is -4.26. The summed E-state index contributed by atoms with van der Waals surface area (Å²) in [5, 5.41) is 0.626. The molecule has 0 spiro atoms. The van der Waals surface area contributed by atoms with Crippen molar-refractivity contribution in [1.82, 2.24) is 4.98 Å². The molecule has 1 aromatic heterocycles. The van der Waals surface area contributed by atoms with E-state index in [1.165, 1.54) is 26.4 Å². The van der Waals surface area contributed by atoms with E-state index in [1.807, 2.05) is 30.3 Å². The Morgan fingerprint density at radius 1 is 0.771 bits per heavy atom. The summed E-state index contributed by atoms with van der Waals surface area (Å²) in [5.74, 6) is 0.365. The molecule has 4 rings (SSSR count). The molecule has 0 N–H and O–H groups in total. The fourth-order valence-corrected chi connectivity index (χ4v) is 3.79. The first-order valence-corrected chi connectivity index (χ1v) is 11.0. The highest BCUT2D eigenvalue weighted by Crippen LogP contribution is 2.37. The van der Waals surface area contributed by atoms with Gasteiger partial charge in [-0.3, -0.25) is 14.6 Å². The molecule has 0 aliphatic rings. The number of nitrogens with zero attached hydrogens (tertiary/aromatic N) is 1. The summed E-state index contributed by atoms with van der Waals surface area (Å²) in [5.41, 5.74) is 1.93. The number of ether oxygens (including phenoxy) is 3. The molecule has 1 heterocycles. The average molecular weight is 474 g/mol. The second-order valence-electron chi connectivity index (χ2n) is 7.99. The molecule has 0 unspecified atom stereocenters. The summed E-state index contributed by atoms with van der Waals surface area (Å²) >= 11 is 0. The van der Waals surface area contributed by atoms with E-state index in [-0.39, 0.29) is 36.6 Å². The van der Waals surface area contributed by atoms with Crippen LogP contribution in [0.5, 0.6) is 23.0 Å². The number of hydrogen-bond acceptors (Lipinski definition) is 6. The molecule has 3 aromatic carbocycles. The van der Waals surface area contributed by atoms with Crippen LogP contribution in [0.15, 0.2) is 72.9 Å². The minimum Gasteiger partial charge on any atom is -0.493 e. The lowest BCUT2D eigenvalue weighted by atomic mass is 10.0. The van der Waals surface area contributed by atoms with Crippen molar-refractivity contribution in [2.45, 2.75) is 19.3 Å². The number of carbonyl (C=O) groups excluding carboxylic acids is 2. The third-order valence-electron chi connectivity index (χ3n) is 5.46. The number of Topliss-reactive ketones (excluding diaryl/α,β-unsaturated/α-hetero) is 2. The number of aromatic nitrogens is 1. The number of ketones is 2. The second kappa shape index (κ2) is 10.8. The third-order valence-corrected chi connectivity index (χ3v) is 5.46. The molecule has 0 fully saturated rings. The fourth-order valence-electron chi connectivity index (χ4n) is 3.79. The fraction of sp³-hybridized carbons (Fsp3) is 0.179. The van der Waals surface area contributed by atoms with Crippen LogP contribution in [-0.4, -0.2) is 30.8 Å². The lowest BCUT2D eigenvalue weighted by molar-refractivity contribution is -0.126. The van der Waals surface area contributed by atoms with Crippen LogP contribution in [0.2, 0.25) is 0 Å². The van der Waals surface area contributed by atoms with Crippen molar-refractivity contribution in [1.29, 1.82) is 0 Å². The molecule has 0 aliphatic heterocycles. The first-order valence-electron chi connectivity index (χ1n) is 11.0. The van der Waals surface area contributed by atoms with E-state index in [0.29, 0.717) is 33.7 Å². The minimum atomic E-state index is -0.614. The van der Waals surface area contributed by atoms with Crippen molar-refractivity contribution in [2.24, 2.45) is 0 Å². The summed E-state index contributed by atoms with van der Waals surface area (Å²) in [7, 11) is 3.06. The molecular formula is C28H24FNO5. The van der Waals surface area contributed by atoms with Gasteiger partial charge < -0.3 is 14.2 Å². The number of rotatable bonds is 10. The maximum atomic E-state index is 14.8. The van der Waals surface area contributed by atoms with E-state index >= 15 is 0 Å². The van der Waals surface area contributed by atoms with E-state index < -0.39 is 5.82 Å². The van der Waals surface area contributed by atoms with Gasteiger partial charge in [0.1, 0.15) is 17.3 Å². The Bertz CT molecular complexity index is 1370. The second-order valence-corrected chi connectivity index (χ2v) is 7.99. The molecule has 7 heteroatoms. The number of carbonyl (C=O) groups is 2. The van der Waals surface area contributed by atoms with E-state index in [0.717, 1.165) is 5.56 Å². The van der Waals surface area contributed by atoms with Crippen LogP contribution in [0.1, 0.15) is 17.5 Å². The summed E-state index contributed by atoms with van der Waals surface area (Å²) in [6.07, 6.45) is 1.53. The molecule has 0 bridgehead atoms. The zero-order valence-corrected chi connectivity index (χ0v) is 19.4. The molecule has 6 nitrogen and oxygen atoms in total. The molecule has 35 heavy (non-hydrogen) atoms. The molecule has 0 aliphatic carbocycles. The highest BCUT2D eigenvalue weighted by atomic mass is 19.1. The van der Waals surface area contributed by atoms with Gasteiger partial charge in [0, 0.05) is 30.5 Å². The number of hydrogen-bond donors (Lipinski definition) is 0. The first kappa shape index (κ1) is 23.9. The van der Waals surface area contributed by atoms with Crippen LogP contribution >= 0.6 is 0 Å².